The Morgan fingerprint density at radius 3 is 2.53 bits per heavy atom. The van der Waals surface area contributed by atoms with Crippen molar-refractivity contribution < 1.29 is 29.2 Å². The van der Waals surface area contributed by atoms with Crippen molar-refractivity contribution in [2.75, 3.05) is 12.0 Å². The molecule has 3 aromatic rings. The van der Waals surface area contributed by atoms with E-state index in [1.165, 1.54) is 30.6 Å². The monoisotopic (exact) mass is 507 g/mol. The highest BCUT2D eigenvalue weighted by Crippen LogP contribution is 2.52. The van der Waals surface area contributed by atoms with E-state index in [1.54, 1.807) is 47.8 Å². The molecule has 0 aliphatic carbocycles. The van der Waals surface area contributed by atoms with Gasteiger partial charge in [-0.15, -0.1) is 11.3 Å². The van der Waals surface area contributed by atoms with E-state index in [1.807, 2.05) is 0 Å². The minimum Gasteiger partial charge on any atom is -0.496 e. The fraction of sp³-hybridized carbons (Fsp3) is 0.240. The molecule has 10 nitrogen and oxygen atoms in total. The van der Waals surface area contributed by atoms with Crippen LogP contribution in [-0.2, 0) is 20.8 Å². The van der Waals surface area contributed by atoms with Gasteiger partial charge in [0.15, 0.2) is 0 Å². The number of anilines is 1. The maximum atomic E-state index is 13.9. The molecule has 4 atom stereocenters. The van der Waals surface area contributed by atoms with Gasteiger partial charge in [-0.05, 0) is 29.1 Å². The molecule has 0 saturated carbocycles. The van der Waals surface area contributed by atoms with E-state index in [0.29, 0.717) is 10.4 Å². The third-order valence-electron chi connectivity index (χ3n) is 6.83. The molecule has 2 aliphatic heterocycles. The number of rotatable bonds is 7. The second kappa shape index (κ2) is 8.85. The Kier molecular flexibility index (Phi) is 5.81. The quantitative estimate of drug-likeness (QED) is 0.282. The number of benzene rings is 2. The fourth-order valence-corrected chi connectivity index (χ4v) is 6.09. The predicted octanol–water partition coefficient (Wildman–Crippen LogP) is 3.18. The van der Waals surface area contributed by atoms with Crippen molar-refractivity contribution in [3.63, 3.8) is 0 Å². The van der Waals surface area contributed by atoms with Gasteiger partial charge in [-0.2, -0.15) is 0 Å². The molecular weight excluding hydrogens is 486 g/mol. The van der Waals surface area contributed by atoms with Crippen molar-refractivity contribution in [2.45, 2.75) is 18.0 Å². The molecule has 2 saturated heterocycles. The van der Waals surface area contributed by atoms with E-state index >= 15 is 0 Å². The highest BCUT2D eigenvalue weighted by atomic mass is 32.1. The summed E-state index contributed by atoms with van der Waals surface area (Å²) in [6, 6.07) is 15.5. The van der Waals surface area contributed by atoms with Gasteiger partial charge in [0.25, 0.3) is 5.69 Å². The number of carbonyl (C=O) groups excluding carboxylic acids is 2. The van der Waals surface area contributed by atoms with Gasteiger partial charge >= 0.3 is 5.97 Å². The van der Waals surface area contributed by atoms with Crippen LogP contribution in [0.2, 0.25) is 0 Å². The number of ether oxygens (including phenoxy) is 1. The van der Waals surface area contributed by atoms with Crippen molar-refractivity contribution in [2.24, 2.45) is 11.8 Å². The Morgan fingerprint density at radius 1 is 1.17 bits per heavy atom. The molecule has 184 valence electrons. The number of nitro groups is 1. The predicted molar refractivity (Wildman–Crippen MR) is 130 cm³/mol. The topological polar surface area (TPSA) is 139 Å². The number of imide groups is 1. The number of methoxy groups -OCH3 is 1. The molecule has 0 bridgehead atoms. The Morgan fingerprint density at radius 2 is 1.92 bits per heavy atom. The minimum absolute atomic E-state index is 0.0518. The van der Waals surface area contributed by atoms with E-state index in [0.717, 1.165) is 11.0 Å². The number of hydrogen-bond donors (Lipinski definition) is 2. The molecule has 1 aromatic heterocycles. The number of nitrogens with one attached hydrogen (secondary N) is 1. The van der Waals surface area contributed by atoms with E-state index in [4.69, 9.17) is 4.74 Å². The standard InChI is InChI=1S/C25H21N3O7S/c1-35-15-9-10-16(17(12-15)28(33)34)27-22(29)19-20(23(27)30)25(24(31)32,13-14-6-3-2-4-7-14)26-21(19)18-8-5-11-36-18/h2-12,19-21,26H,13H2,1H3,(H,31,32)/t19-,20+,21-,25+/m0/s1. The lowest BCUT2D eigenvalue weighted by Gasteiger charge is -2.31. The summed E-state index contributed by atoms with van der Waals surface area (Å²) in [4.78, 5) is 53.2. The van der Waals surface area contributed by atoms with Gasteiger partial charge in [0.1, 0.15) is 17.0 Å². The molecule has 2 fully saturated rings. The van der Waals surface area contributed by atoms with E-state index in [-0.39, 0.29) is 17.9 Å². The molecule has 0 unspecified atom stereocenters. The van der Waals surface area contributed by atoms with E-state index in [2.05, 4.69) is 5.32 Å². The van der Waals surface area contributed by atoms with Crippen LogP contribution in [0.15, 0.2) is 66.0 Å². The first-order valence-electron chi connectivity index (χ1n) is 11.1. The summed E-state index contributed by atoms with van der Waals surface area (Å²) >= 11 is 1.34. The fourth-order valence-electron chi connectivity index (χ4n) is 5.27. The van der Waals surface area contributed by atoms with Crippen molar-refractivity contribution in [3.8, 4) is 5.75 Å². The van der Waals surface area contributed by atoms with Crippen LogP contribution < -0.4 is 15.0 Å². The Balaban J connectivity index is 1.67. The average molecular weight is 508 g/mol. The maximum Gasteiger partial charge on any atom is 0.325 e. The number of carboxylic acids is 1. The second-order valence-corrected chi connectivity index (χ2v) is 9.68. The third kappa shape index (κ3) is 3.55. The first kappa shape index (κ1) is 23.6. The summed E-state index contributed by atoms with van der Waals surface area (Å²) in [5.41, 5.74) is -1.83. The lowest BCUT2D eigenvalue weighted by molar-refractivity contribution is -0.384. The van der Waals surface area contributed by atoms with Gasteiger partial charge in [0.2, 0.25) is 11.8 Å². The molecule has 2 amide bonds. The number of nitro benzene ring substituents is 1. The first-order valence-corrected chi connectivity index (χ1v) is 11.9. The highest BCUT2D eigenvalue weighted by Gasteiger charge is 2.69. The molecule has 3 heterocycles. The zero-order valence-electron chi connectivity index (χ0n) is 19.0. The molecule has 2 aromatic carbocycles. The molecule has 36 heavy (non-hydrogen) atoms. The van der Waals surface area contributed by atoms with Crippen LogP contribution in [0.5, 0.6) is 5.75 Å². The lowest BCUT2D eigenvalue weighted by Crippen LogP contribution is -2.57. The van der Waals surface area contributed by atoms with Crippen molar-refractivity contribution >= 4 is 40.5 Å². The molecular formula is C25H21N3O7S. The van der Waals surface area contributed by atoms with Crippen LogP contribution in [0.3, 0.4) is 0 Å². The van der Waals surface area contributed by atoms with Crippen molar-refractivity contribution in [1.29, 1.82) is 0 Å². The number of nitrogens with zero attached hydrogens (tertiary/aromatic N) is 2. The number of fused-ring (bicyclic) bond motifs is 1. The Labute approximate surface area is 209 Å². The van der Waals surface area contributed by atoms with Gasteiger partial charge < -0.3 is 9.84 Å². The van der Waals surface area contributed by atoms with Gasteiger partial charge in [0.05, 0.1) is 36.0 Å². The normalized spacial score (nSPS) is 25.1. The van der Waals surface area contributed by atoms with Crippen LogP contribution in [-0.4, -0.2) is 40.5 Å². The largest absolute Gasteiger partial charge is 0.496 e. The van der Waals surface area contributed by atoms with Crippen LogP contribution in [0.1, 0.15) is 16.5 Å². The maximum absolute atomic E-state index is 13.9. The average Bonchev–Trinajstić information content (AvgIpc) is 3.57. The smallest absolute Gasteiger partial charge is 0.325 e. The Bertz CT molecular complexity index is 1360. The van der Waals surface area contributed by atoms with Gasteiger partial charge in [-0.25, -0.2) is 4.90 Å². The van der Waals surface area contributed by atoms with Crippen LogP contribution in [0, 0.1) is 22.0 Å². The molecule has 11 heteroatoms. The molecule has 0 radical (unpaired) electrons. The second-order valence-electron chi connectivity index (χ2n) is 8.70. The first-order chi connectivity index (χ1) is 17.3. The highest BCUT2D eigenvalue weighted by molar-refractivity contribution is 7.10. The number of aliphatic carboxylic acids is 1. The summed E-state index contributed by atoms with van der Waals surface area (Å²) in [6.45, 7) is 0. The number of thiophene rings is 1. The zero-order chi connectivity index (χ0) is 25.6. The van der Waals surface area contributed by atoms with Crippen LogP contribution >= 0.6 is 11.3 Å². The number of hydrogen-bond acceptors (Lipinski definition) is 8. The van der Waals surface area contributed by atoms with Gasteiger partial charge in [0, 0.05) is 11.3 Å². The van der Waals surface area contributed by atoms with E-state index in [9.17, 15) is 29.6 Å². The summed E-state index contributed by atoms with van der Waals surface area (Å²) in [5, 5.41) is 27.3. The number of carboxylic acid groups (broad SMARTS) is 1. The van der Waals surface area contributed by atoms with Crippen LogP contribution in [0.25, 0.3) is 0 Å². The minimum atomic E-state index is -1.80. The zero-order valence-corrected chi connectivity index (χ0v) is 19.8. The molecule has 2 aliphatic rings. The lowest BCUT2D eigenvalue weighted by atomic mass is 9.76. The summed E-state index contributed by atoms with van der Waals surface area (Å²) in [6.07, 6.45) is -0.0518. The Hall–Kier alpha value is -4.09. The molecule has 5 rings (SSSR count). The third-order valence-corrected chi connectivity index (χ3v) is 7.79. The summed E-state index contributed by atoms with van der Waals surface area (Å²) < 4.78 is 5.07. The van der Waals surface area contributed by atoms with Gasteiger partial charge in [-0.3, -0.25) is 29.8 Å². The SMILES string of the molecule is COc1ccc(N2C(=O)[C@@H]3[C@H](c4cccs4)N[C@@](Cc4ccccc4)(C(=O)O)[C@H]3C2=O)c([N+](=O)[O-])c1. The van der Waals surface area contributed by atoms with Crippen LogP contribution in [0.4, 0.5) is 11.4 Å². The van der Waals surface area contributed by atoms with E-state index < -0.39 is 51.8 Å². The summed E-state index contributed by atoms with van der Waals surface area (Å²) in [5.74, 6) is -4.89. The van der Waals surface area contributed by atoms with Crippen molar-refractivity contribution in [3.05, 3.63) is 86.6 Å². The van der Waals surface area contributed by atoms with Gasteiger partial charge in [-0.1, -0.05) is 36.4 Å². The molecule has 2 N–H and O–H groups in total. The molecule has 0 spiro atoms. The van der Waals surface area contributed by atoms with Crippen molar-refractivity contribution in [1.82, 2.24) is 5.32 Å². The number of carbonyl (C=O) groups is 3. The number of amides is 2. The summed E-state index contributed by atoms with van der Waals surface area (Å²) in [7, 11) is 1.34.